The van der Waals surface area contributed by atoms with Crippen LogP contribution in [0, 0.1) is 10.8 Å². The Hall–Kier alpha value is -0.520. The van der Waals surface area contributed by atoms with E-state index in [0.717, 1.165) is 12.8 Å². The molecule has 0 aromatic heterocycles. The molecule has 0 unspecified atom stereocenters. The van der Waals surface area contributed by atoms with E-state index in [0.29, 0.717) is 10.8 Å². The molecule has 0 amide bonds. The molecule has 0 aromatic carbocycles. The van der Waals surface area contributed by atoms with Crippen molar-refractivity contribution in [2.45, 2.75) is 67.2 Å². The third-order valence-corrected chi connectivity index (χ3v) is 3.31. The largest absolute Gasteiger partial charge is 0.103 e. The maximum Gasteiger partial charge on any atom is -0.0302 e. The lowest BCUT2D eigenvalue weighted by Crippen LogP contribution is -2.06. The molecular formula is C16H32. The van der Waals surface area contributed by atoms with Gasteiger partial charge in [-0.05, 0) is 23.7 Å². The number of allylic oxidation sites excluding steroid dienone is 2. The Morgan fingerprint density at radius 3 is 1.06 bits per heavy atom. The molecule has 0 aliphatic carbocycles. The highest BCUT2D eigenvalue weighted by Crippen LogP contribution is 2.24. The number of rotatable bonds is 6. The van der Waals surface area contributed by atoms with Gasteiger partial charge in [-0.3, -0.25) is 0 Å². The second-order valence-corrected chi connectivity index (χ2v) is 6.02. The van der Waals surface area contributed by atoms with Gasteiger partial charge in [-0.2, -0.15) is 0 Å². The summed E-state index contributed by atoms with van der Waals surface area (Å²) >= 11 is 0. The van der Waals surface area contributed by atoms with Crippen LogP contribution in [-0.2, 0) is 0 Å². The van der Waals surface area contributed by atoms with Crippen molar-refractivity contribution in [3.8, 4) is 0 Å². The third kappa shape index (κ3) is 11.6. The van der Waals surface area contributed by atoms with Crippen LogP contribution >= 0.6 is 0 Å². The maximum absolute atomic E-state index is 3.69. The molecule has 0 radical (unpaired) electrons. The van der Waals surface area contributed by atoms with Crippen molar-refractivity contribution in [2.24, 2.45) is 10.8 Å². The van der Waals surface area contributed by atoms with Gasteiger partial charge in [-0.25, -0.2) is 0 Å². The van der Waals surface area contributed by atoms with Crippen molar-refractivity contribution in [3.63, 3.8) is 0 Å². The Bertz CT molecular complexity index is 162. The Morgan fingerprint density at radius 1 is 0.750 bits per heavy atom. The molecule has 0 atom stereocenters. The number of hydrogen-bond acceptors (Lipinski definition) is 0. The van der Waals surface area contributed by atoms with Crippen LogP contribution in [0.4, 0.5) is 0 Å². The topological polar surface area (TPSA) is 0 Å². The van der Waals surface area contributed by atoms with E-state index in [2.05, 4.69) is 54.7 Å². The van der Waals surface area contributed by atoms with Crippen LogP contribution in [0.2, 0.25) is 0 Å². The molecular weight excluding hydrogens is 192 g/mol. The number of hydrogen-bond donors (Lipinski definition) is 0. The fraction of sp³-hybridized carbons (Fsp3) is 0.750. The van der Waals surface area contributed by atoms with Gasteiger partial charge in [-0.1, -0.05) is 66.5 Å². The average Bonchev–Trinajstić information content (AvgIpc) is 2.19. The Labute approximate surface area is 104 Å². The van der Waals surface area contributed by atoms with E-state index in [4.69, 9.17) is 0 Å². The molecule has 96 valence electrons. The molecule has 0 heterocycles. The van der Waals surface area contributed by atoms with Gasteiger partial charge in [0.25, 0.3) is 0 Å². The van der Waals surface area contributed by atoms with Crippen molar-refractivity contribution in [3.05, 3.63) is 25.3 Å². The monoisotopic (exact) mass is 224 g/mol. The second-order valence-electron chi connectivity index (χ2n) is 6.02. The van der Waals surface area contributed by atoms with Gasteiger partial charge in [0.1, 0.15) is 0 Å². The van der Waals surface area contributed by atoms with Crippen molar-refractivity contribution in [1.29, 1.82) is 0 Å². The van der Waals surface area contributed by atoms with Crippen molar-refractivity contribution in [2.75, 3.05) is 0 Å². The normalized spacial score (nSPS) is 11.4. The van der Waals surface area contributed by atoms with Crippen LogP contribution in [0.1, 0.15) is 67.2 Å². The summed E-state index contributed by atoms with van der Waals surface area (Å²) in [7, 11) is 0. The van der Waals surface area contributed by atoms with Gasteiger partial charge in [0.05, 0.1) is 0 Å². The van der Waals surface area contributed by atoms with Crippen LogP contribution in [0.3, 0.4) is 0 Å². The van der Waals surface area contributed by atoms with E-state index in [1.54, 1.807) is 0 Å². The molecule has 0 saturated carbocycles. The minimum Gasteiger partial charge on any atom is -0.103 e. The molecule has 0 aromatic rings. The molecule has 0 aliphatic rings. The first-order valence-corrected chi connectivity index (χ1v) is 6.46. The summed E-state index contributed by atoms with van der Waals surface area (Å²) in [5, 5.41) is 0. The van der Waals surface area contributed by atoms with E-state index in [1.165, 1.54) is 12.8 Å². The predicted molar refractivity (Wildman–Crippen MR) is 77.8 cm³/mol. The molecule has 16 heavy (non-hydrogen) atoms. The SMILES string of the molecule is C=CCC(C)(C)CC.C=CCC(C)(C)CC. The van der Waals surface area contributed by atoms with E-state index >= 15 is 0 Å². The maximum atomic E-state index is 3.69. The highest BCUT2D eigenvalue weighted by Gasteiger charge is 2.11. The smallest absolute Gasteiger partial charge is 0.0302 e. The van der Waals surface area contributed by atoms with E-state index in [1.807, 2.05) is 12.2 Å². The lowest BCUT2D eigenvalue weighted by Gasteiger charge is -2.19. The highest BCUT2D eigenvalue weighted by molar-refractivity contribution is 4.78. The second kappa shape index (κ2) is 8.61. The first-order chi connectivity index (χ1) is 7.24. The molecule has 0 saturated heterocycles. The fourth-order valence-electron chi connectivity index (χ4n) is 1.07. The van der Waals surface area contributed by atoms with Crippen LogP contribution in [-0.4, -0.2) is 0 Å². The van der Waals surface area contributed by atoms with Crippen LogP contribution in [0.15, 0.2) is 25.3 Å². The average molecular weight is 224 g/mol. The minimum absolute atomic E-state index is 0.474. The zero-order chi connectivity index (χ0) is 13.2. The Kier molecular flexibility index (Phi) is 9.61. The summed E-state index contributed by atoms with van der Waals surface area (Å²) in [6.45, 7) is 20.8. The zero-order valence-electron chi connectivity index (χ0n) is 12.4. The molecule has 0 bridgehead atoms. The van der Waals surface area contributed by atoms with Gasteiger partial charge in [-0.15, -0.1) is 13.2 Å². The van der Waals surface area contributed by atoms with Crippen molar-refractivity contribution >= 4 is 0 Å². The molecule has 0 spiro atoms. The Morgan fingerprint density at radius 2 is 1.00 bits per heavy atom. The third-order valence-electron chi connectivity index (χ3n) is 3.31. The molecule has 0 N–H and O–H groups in total. The Balaban J connectivity index is 0. The van der Waals surface area contributed by atoms with E-state index in [-0.39, 0.29) is 0 Å². The molecule has 0 nitrogen and oxygen atoms in total. The summed E-state index contributed by atoms with van der Waals surface area (Å²) in [6.07, 6.45) is 8.71. The fourth-order valence-corrected chi connectivity index (χ4v) is 1.07. The van der Waals surface area contributed by atoms with Gasteiger partial charge < -0.3 is 0 Å². The lowest BCUT2D eigenvalue weighted by molar-refractivity contribution is 0.357. The summed E-state index contributed by atoms with van der Waals surface area (Å²) in [5.74, 6) is 0. The van der Waals surface area contributed by atoms with Crippen molar-refractivity contribution < 1.29 is 0 Å². The molecule has 0 aliphatic heterocycles. The summed E-state index contributed by atoms with van der Waals surface area (Å²) in [5.41, 5.74) is 0.948. The quantitative estimate of drug-likeness (QED) is 0.486. The van der Waals surface area contributed by atoms with Crippen LogP contribution in [0.25, 0.3) is 0 Å². The molecule has 0 fully saturated rings. The first kappa shape index (κ1) is 17.9. The standard InChI is InChI=1S/2C8H16/c2*1-5-7-8(3,4)6-2/h2*5H,1,6-7H2,2-4H3. The van der Waals surface area contributed by atoms with Gasteiger partial charge in [0.2, 0.25) is 0 Å². The predicted octanol–water partition coefficient (Wildman–Crippen LogP) is 6.00. The van der Waals surface area contributed by atoms with Crippen molar-refractivity contribution in [1.82, 2.24) is 0 Å². The van der Waals surface area contributed by atoms with Gasteiger partial charge >= 0.3 is 0 Å². The minimum atomic E-state index is 0.474. The van der Waals surface area contributed by atoms with Gasteiger partial charge in [0, 0.05) is 0 Å². The molecule has 0 rings (SSSR count). The summed E-state index contributed by atoms with van der Waals surface area (Å²) in [4.78, 5) is 0. The molecule has 0 heteroatoms. The van der Waals surface area contributed by atoms with E-state index in [9.17, 15) is 0 Å². The van der Waals surface area contributed by atoms with Gasteiger partial charge in [0.15, 0.2) is 0 Å². The van der Waals surface area contributed by atoms with Crippen LogP contribution in [0.5, 0.6) is 0 Å². The zero-order valence-corrected chi connectivity index (χ0v) is 12.4. The highest BCUT2D eigenvalue weighted by atomic mass is 14.2. The lowest BCUT2D eigenvalue weighted by atomic mass is 9.87. The van der Waals surface area contributed by atoms with E-state index < -0.39 is 0 Å². The van der Waals surface area contributed by atoms with Crippen LogP contribution < -0.4 is 0 Å². The summed E-state index contributed by atoms with van der Waals surface area (Å²) < 4.78 is 0. The summed E-state index contributed by atoms with van der Waals surface area (Å²) in [6, 6.07) is 0. The first-order valence-electron chi connectivity index (χ1n) is 6.46.